The summed E-state index contributed by atoms with van der Waals surface area (Å²) < 4.78 is 0.969. The summed E-state index contributed by atoms with van der Waals surface area (Å²) in [6.45, 7) is 0. The van der Waals surface area contributed by atoms with Crippen LogP contribution in [0.15, 0.2) is 53.0 Å². The molecule has 0 radical (unpaired) electrons. The molecule has 0 unspecified atom stereocenters. The number of nitrogens with one attached hydrogen (secondary N) is 2. The average molecular weight is 371 g/mol. The highest BCUT2D eigenvalue weighted by Gasteiger charge is 2.14. The van der Waals surface area contributed by atoms with Crippen LogP contribution < -0.4 is 10.6 Å². The molecule has 1 aliphatic heterocycles. The molecule has 1 aliphatic rings. The Kier molecular flexibility index (Phi) is 4.57. The molecule has 0 aliphatic carbocycles. The predicted octanol–water partition coefficient (Wildman–Crippen LogP) is 3.99. The third-order valence-corrected chi connectivity index (χ3v) is 4.04. The molecule has 4 nitrogen and oxygen atoms in total. The summed E-state index contributed by atoms with van der Waals surface area (Å²) in [6, 6.07) is 13.2. The van der Waals surface area contributed by atoms with Gasteiger partial charge in [0.2, 0.25) is 11.8 Å². The number of carbonyl (C=O) groups excluding carboxylic acids is 2. The molecule has 2 amide bonds. The van der Waals surface area contributed by atoms with Gasteiger partial charge in [-0.1, -0.05) is 28.1 Å². The highest BCUT2D eigenvalue weighted by molar-refractivity contribution is 9.10. The highest BCUT2D eigenvalue weighted by Crippen LogP contribution is 2.25. The molecule has 0 saturated heterocycles. The average Bonchev–Trinajstić information content (AvgIpc) is 2.53. The first-order valence-electron chi connectivity index (χ1n) is 7.27. The van der Waals surface area contributed by atoms with Gasteiger partial charge < -0.3 is 10.6 Å². The minimum Gasteiger partial charge on any atom is -0.326 e. The molecule has 0 spiro atoms. The van der Waals surface area contributed by atoms with Crippen molar-refractivity contribution in [3.05, 3.63) is 64.1 Å². The van der Waals surface area contributed by atoms with Gasteiger partial charge in [-0.25, -0.2) is 0 Å². The first kappa shape index (κ1) is 15.5. The van der Waals surface area contributed by atoms with Crippen molar-refractivity contribution in [1.29, 1.82) is 0 Å². The van der Waals surface area contributed by atoms with Gasteiger partial charge >= 0.3 is 0 Å². The maximum Gasteiger partial charge on any atom is 0.248 e. The number of hydrogen-bond donors (Lipinski definition) is 2. The summed E-state index contributed by atoms with van der Waals surface area (Å²) in [6.07, 6.45) is 4.44. The second-order valence-corrected chi connectivity index (χ2v) is 6.21. The fourth-order valence-electron chi connectivity index (χ4n) is 2.43. The van der Waals surface area contributed by atoms with Gasteiger partial charge in [-0.05, 0) is 54.0 Å². The summed E-state index contributed by atoms with van der Waals surface area (Å²) in [5, 5.41) is 5.66. The number of benzene rings is 2. The van der Waals surface area contributed by atoms with E-state index in [9.17, 15) is 9.59 Å². The number of carbonyl (C=O) groups is 2. The number of halogens is 1. The smallest absolute Gasteiger partial charge is 0.248 e. The van der Waals surface area contributed by atoms with Crippen molar-refractivity contribution in [3.8, 4) is 0 Å². The van der Waals surface area contributed by atoms with E-state index < -0.39 is 0 Å². The van der Waals surface area contributed by atoms with Crippen LogP contribution in [-0.4, -0.2) is 11.8 Å². The lowest BCUT2D eigenvalue weighted by Gasteiger charge is -2.17. The predicted molar refractivity (Wildman–Crippen MR) is 95.2 cm³/mol. The molecule has 1 heterocycles. The van der Waals surface area contributed by atoms with E-state index in [-0.39, 0.29) is 11.8 Å². The topological polar surface area (TPSA) is 58.2 Å². The zero-order chi connectivity index (χ0) is 16.2. The van der Waals surface area contributed by atoms with Crippen LogP contribution in [0.2, 0.25) is 0 Å². The maximum absolute atomic E-state index is 12.0. The zero-order valence-electron chi connectivity index (χ0n) is 12.3. The quantitative estimate of drug-likeness (QED) is 0.802. The van der Waals surface area contributed by atoms with Gasteiger partial charge in [-0.15, -0.1) is 0 Å². The third-order valence-electron chi connectivity index (χ3n) is 3.54. The number of anilines is 2. The van der Waals surface area contributed by atoms with Crippen LogP contribution in [-0.2, 0) is 16.0 Å². The van der Waals surface area contributed by atoms with Crippen molar-refractivity contribution in [3.63, 3.8) is 0 Å². The van der Waals surface area contributed by atoms with Crippen molar-refractivity contribution < 1.29 is 9.59 Å². The minimum absolute atomic E-state index is 0.0336. The monoisotopic (exact) mass is 370 g/mol. The second kappa shape index (κ2) is 6.79. The number of hydrogen-bond acceptors (Lipinski definition) is 2. The number of amides is 2. The minimum atomic E-state index is -0.190. The fraction of sp³-hybridized carbons (Fsp3) is 0.111. The van der Waals surface area contributed by atoms with Crippen molar-refractivity contribution in [1.82, 2.24) is 0 Å². The fourth-order valence-corrected chi connectivity index (χ4v) is 2.84. The Morgan fingerprint density at radius 3 is 2.87 bits per heavy atom. The van der Waals surface area contributed by atoms with E-state index in [1.54, 1.807) is 12.1 Å². The summed E-state index contributed by atoms with van der Waals surface area (Å²) in [4.78, 5) is 23.4. The van der Waals surface area contributed by atoms with Gasteiger partial charge in [0.1, 0.15) is 0 Å². The van der Waals surface area contributed by atoms with Crippen LogP contribution in [0.25, 0.3) is 6.08 Å². The van der Waals surface area contributed by atoms with Crippen LogP contribution in [0.1, 0.15) is 17.5 Å². The van der Waals surface area contributed by atoms with Gasteiger partial charge in [0.05, 0.1) is 0 Å². The summed E-state index contributed by atoms with van der Waals surface area (Å²) >= 11 is 3.40. The Bertz CT molecular complexity index is 799. The van der Waals surface area contributed by atoms with Crippen molar-refractivity contribution in [2.45, 2.75) is 12.8 Å². The number of fused-ring (bicyclic) bond motifs is 1. The molecular weight excluding hydrogens is 356 g/mol. The molecule has 0 atom stereocenters. The number of rotatable bonds is 3. The van der Waals surface area contributed by atoms with E-state index in [0.29, 0.717) is 12.8 Å². The lowest BCUT2D eigenvalue weighted by molar-refractivity contribution is -0.116. The molecule has 2 aromatic carbocycles. The standard InChI is InChI=1S/C18H15BrN2O2/c19-14-3-1-2-12(10-14)4-8-17(22)20-15-6-7-16-13(11-15)5-9-18(23)21-16/h1-4,6-8,10-11H,5,9H2,(H,20,22)(H,21,23)/b8-4+. The van der Waals surface area contributed by atoms with E-state index in [1.165, 1.54) is 6.08 Å². The van der Waals surface area contributed by atoms with Crippen LogP contribution in [0.5, 0.6) is 0 Å². The lowest BCUT2D eigenvalue weighted by Crippen LogP contribution is -2.19. The Labute approximate surface area is 142 Å². The molecule has 2 aromatic rings. The van der Waals surface area contributed by atoms with E-state index in [0.717, 1.165) is 27.0 Å². The molecule has 0 fully saturated rings. The molecule has 0 bridgehead atoms. The first-order valence-corrected chi connectivity index (χ1v) is 8.07. The van der Waals surface area contributed by atoms with Crippen LogP contribution in [0.3, 0.4) is 0 Å². The highest BCUT2D eigenvalue weighted by atomic mass is 79.9. The van der Waals surface area contributed by atoms with Crippen LogP contribution >= 0.6 is 15.9 Å². The van der Waals surface area contributed by atoms with Gasteiger partial charge in [0.15, 0.2) is 0 Å². The first-order chi connectivity index (χ1) is 11.1. The molecule has 23 heavy (non-hydrogen) atoms. The molecule has 116 valence electrons. The second-order valence-electron chi connectivity index (χ2n) is 5.30. The molecule has 0 saturated carbocycles. The molecule has 5 heteroatoms. The molecule has 2 N–H and O–H groups in total. The van der Waals surface area contributed by atoms with Gasteiger partial charge in [0, 0.05) is 28.3 Å². The Morgan fingerprint density at radius 1 is 1.17 bits per heavy atom. The molecule has 0 aromatic heterocycles. The SMILES string of the molecule is O=C(/C=C/c1cccc(Br)c1)Nc1ccc2c(c1)CCC(=O)N2. The van der Waals surface area contributed by atoms with Crippen molar-refractivity contribution in [2.75, 3.05) is 10.6 Å². The van der Waals surface area contributed by atoms with E-state index in [2.05, 4.69) is 26.6 Å². The van der Waals surface area contributed by atoms with Gasteiger partial charge in [0.25, 0.3) is 0 Å². The van der Waals surface area contributed by atoms with E-state index >= 15 is 0 Å². The van der Waals surface area contributed by atoms with Crippen molar-refractivity contribution >= 4 is 45.2 Å². The molecule has 3 rings (SSSR count). The maximum atomic E-state index is 12.0. The lowest BCUT2D eigenvalue weighted by atomic mass is 10.0. The van der Waals surface area contributed by atoms with Gasteiger partial charge in [-0.2, -0.15) is 0 Å². The Morgan fingerprint density at radius 2 is 2.04 bits per heavy atom. The Balaban J connectivity index is 1.67. The van der Waals surface area contributed by atoms with Crippen LogP contribution in [0.4, 0.5) is 11.4 Å². The van der Waals surface area contributed by atoms with Gasteiger partial charge in [-0.3, -0.25) is 9.59 Å². The zero-order valence-corrected chi connectivity index (χ0v) is 13.9. The summed E-state index contributed by atoms with van der Waals surface area (Å²) in [5.41, 5.74) is 3.54. The largest absolute Gasteiger partial charge is 0.326 e. The van der Waals surface area contributed by atoms with Crippen LogP contribution in [0, 0.1) is 0 Å². The normalized spacial score (nSPS) is 13.5. The van der Waals surface area contributed by atoms with E-state index in [4.69, 9.17) is 0 Å². The number of aryl methyl sites for hydroxylation is 1. The molecular formula is C18H15BrN2O2. The Hall–Kier alpha value is -2.40. The summed E-state index contributed by atoms with van der Waals surface area (Å²) in [7, 11) is 0. The van der Waals surface area contributed by atoms with E-state index in [1.807, 2.05) is 36.4 Å². The third kappa shape index (κ3) is 4.07. The van der Waals surface area contributed by atoms with Crippen molar-refractivity contribution in [2.24, 2.45) is 0 Å². The summed E-state index contributed by atoms with van der Waals surface area (Å²) in [5.74, 6) is -0.156.